The van der Waals surface area contributed by atoms with E-state index in [0.29, 0.717) is 5.56 Å². The van der Waals surface area contributed by atoms with E-state index < -0.39 is 0 Å². The second kappa shape index (κ2) is 8.01. The molecule has 1 fully saturated rings. The molecular formula is C17H27N3O. The molecule has 1 saturated heterocycles. The van der Waals surface area contributed by atoms with Crippen LogP contribution in [-0.4, -0.2) is 30.5 Å². The predicted octanol–water partition coefficient (Wildman–Crippen LogP) is 3.24. The Morgan fingerprint density at radius 2 is 2.10 bits per heavy atom. The fourth-order valence-electron chi connectivity index (χ4n) is 2.67. The summed E-state index contributed by atoms with van der Waals surface area (Å²) < 4.78 is 0. The molecule has 0 aliphatic carbocycles. The van der Waals surface area contributed by atoms with Gasteiger partial charge in [0.05, 0.1) is 17.4 Å². The topological polar surface area (TPSA) is 45.2 Å². The minimum atomic E-state index is -0.00849. The van der Waals surface area contributed by atoms with E-state index in [0.717, 1.165) is 44.1 Å². The van der Waals surface area contributed by atoms with Crippen molar-refractivity contribution in [2.24, 2.45) is 5.92 Å². The van der Waals surface area contributed by atoms with E-state index in [4.69, 9.17) is 0 Å². The second-order valence-electron chi connectivity index (χ2n) is 6.06. The van der Waals surface area contributed by atoms with Crippen LogP contribution in [0.3, 0.4) is 0 Å². The highest BCUT2D eigenvalue weighted by molar-refractivity contribution is 5.94. The van der Waals surface area contributed by atoms with E-state index in [9.17, 15) is 4.79 Å². The molecule has 2 heterocycles. The molecule has 21 heavy (non-hydrogen) atoms. The summed E-state index contributed by atoms with van der Waals surface area (Å²) in [6, 6.07) is 1.97. The average Bonchev–Trinajstić information content (AvgIpc) is 2.52. The van der Waals surface area contributed by atoms with Crippen LogP contribution in [0, 0.1) is 5.92 Å². The zero-order chi connectivity index (χ0) is 15.1. The Morgan fingerprint density at radius 3 is 2.81 bits per heavy atom. The number of pyridine rings is 1. The van der Waals surface area contributed by atoms with Crippen LogP contribution >= 0.6 is 0 Å². The molecule has 0 bridgehead atoms. The zero-order valence-corrected chi connectivity index (χ0v) is 13.3. The van der Waals surface area contributed by atoms with Crippen molar-refractivity contribution in [2.45, 2.75) is 46.0 Å². The molecule has 0 aromatic carbocycles. The lowest BCUT2D eigenvalue weighted by Gasteiger charge is -2.32. The van der Waals surface area contributed by atoms with Crippen LogP contribution in [0.4, 0.5) is 5.69 Å². The van der Waals surface area contributed by atoms with Crippen molar-refractivity contribution in [3.05, 3.63) is 24.0 Å². The SMILES string of the molecule is CCCCCNC(=O)c1cncc(N2CCC(C)CC2)c1. The summed E-state index contributed by atoms with van der Waals surface area (Å²) in [5.41, 5.74) is 1.74. The molecule has 1 aromatic rings. The predicted molar refractivity (Wildman–Crippen MR) is 86.7 cm³/mol. The molecule has 1 N–H and O–H groups in total. The fourth-order valence-corrected chi connectivity index (χ4v) is 2.67. The first-order valence-corrected chi connectivity index (χ1v) is 8.19. The van der Waals surface area contributed by atoms with Crippen molar-refractivity contribution in [3.8, 4) is 0 Å². The minimum Gasteiger partial charge on any atom is -0.370 e. The molecule has 1 aromatic heterocycles. The lowest BCUT2D eigenvalue weighted by Crippen LogP contribution is -2.33. The quantitative estimate of drug-likeness (QED) is 0.818. The fraction of sp³-hybridized carbons (Fsp3) is 0.647. The Bertz CT molecular complexity index is 453. The average molecular weight is 289 g/mol. The third-order valence-corrected chi connectivity index (χ3v) is 4.20. The Balaban J connectivity index is 1.92. The lowest BCUT2D eigenvalue weighted by atomic mass is 9.99. The van der Waals surface area contributed by atoms with Crippen LogP contribution in [-0.2, 0) is 0 Å². The standard InChI is InChI=1S/C17H27N3O/c1-3-4-5-8-19-17(21)15-11-16(13-18-12-15)20-9-6-14(2)7-10-20/h11-14H,3-10H2,1-2H3,(H,19,21). The van der Waals surface area contributed by atoms with Gasteiger partial charge in [0.15, 0.2) is 0 Å². The number of amides is 1. The molecule has 0 radical (unpaired) electrons. The van der Waals surface area contributed by atoms with Crippen molar-refractivity contribution in [1.29, 1.82) is 0 Å². The maximum atomic E-state index is 12.1. The van der Waals surface area contributed by atoms with Gasteiger partial charge in [-0.15, -0.1) is 0 Å². The number of hydrogen-bond donors (Lipinski definition) is 1. The number of hydrogen-bond acceptors (Lipinski definition) is 3. The monoisotopic (exact) mass is 289 g/mol. The van der Waals surface area contributed by atoms with E-state index in [1.807, 2.05) is 12.3 Å². The van der Waals surface area contributed by atoms with Crippen LogP contribution < -0.4 is 10.2 Å². The first-order valence-electron chi connectivity index (χ1n) is 8.19. The number of nitrogens with one attached hydrogen (secondary N) is 1. The number of rotatable bonds is 6. The van der Waals surface area contributed by atoms with Gasteiger partial charge in [0.2, 0.25) is 0 Å². The van der Waals surface area contributed by atoms with Crippen molar-refractivity contribution >= 4 is 11.6 Å². The zero-order valence-electron chi connectivity index (χ0n) is 13.3. The lowest BCUT2D eigenvalue weighted by molar-refractivity contribution is 0.0952. The summed E-state index contributed by atoms with van der Waals surface area (Å²) in [4.78, 5) is 18.7. The third-order valence-electron chi connectivity index (χ3n) is 4.20. The van der Waals surface area contributed by atoms with Crippen LogP contribution in [0.1, 0.15) is 56.3 Å². The maximum Gasteiger partial charge on any atom is 0.252 e. The molecule has 4 heteroatoms. The van der Waals surface area contributed by atoms with Gasteiger partial charge in [-0.25, -0.2) is 0 Å². The van der Waals surface area contributed by atoms with Gasteiger partial charge in [0, 0.05) is 25.8 Å². The summed E-state index contributed by atoms with van der Waals surface area (Å²) in [7, 11) is 0. The van der Waals surface area contributed by atoms with Gasteiger partial charge in [0.25, 0.3) is 5.91 Å². The van der Waals surface area contributed by atoms with Gasteiger partial charge in [-0.2, -0.15) is 0 Å². The number of nitrogens with zero attached hydrogens (tertiary/aromatic N) is 2. The first kappa shape index (κ1) is 15.8. The Morgan fingerprint density at radius 1 is 1.33 bits per heavy atom. The maximum absolute atomic E-state index is 12.1. The Kier molecular flexibility index (Phi) is 6.03. The van der Waals surface area contributed by atoms with Gasteiger partial charge >= 0.3 is 0 Å². The largest absolute Gasteiger partial charge is 0.370 e. The van der Waals surface area contributed by atoms with Gasteiger partial charge in [-0.1, -0.05) is 26.7 Å². The molecule has 0 saturated carbocycles. The van der Waals surface area contributed by atoms with E-state index >= 15 is 0 Å². The Labute approximate surface area is 127 Å². The number of unbranched alkanes of at least 4 members (excludes halogenated alkanes) is 2. The molecule has 0 unspecified atom stereocenters. The smallest absolute Gasteiger partial charge is 0.252 e. The number of carbonyl (C=O) groups excluding carboxylic acids is 1. The van der Waals surface area contributed by atoms with E-state index in [1.54, 1.807) is 6.20 Å². The summed E-state index contributed by atoms with van der Waals surface area (Å²) in [5, 5.41) is 2.97. The number of piperidine rings is 1. The highest BCUT2D eigenvalue weighted by Gasteiger charge is 2.17. The molecule has 1 aliphatic rings. The van der Waals surface area contributed by atoms with Crippen molar-refractivity contribution in [2.75, 3.05) is 24.5 Å². The van der Waals surface area contributed by atoms with E-state index in [2.05, 4.69) is 29.0 Å². The van der Waals surface area contributed by atoms with Gasteiger partial charge in [-0.05, 0) is 31.2 Å². The van der Waals surface area contributed by atoms with Crippen LogP contribution in [0.25, 0.3) is 0 Å². The van der Waals surface area contributed by atoms with E-state index in [-0.39, 0.29) is 5.91 Å². The van der Waals surface area contributed by atoms with Crippen LogP contribution in [0.5, 0.6) is 0 Å². The molecule has 4 nitrogen and oxygen atoms in total. The normalized spacial score (nSPS) is 16.0. The van der Waals surface area contributed by atoms with Gasteiger partial charge < -0.3 is 10.2 Å². The van der Waals surface area contributed by atoms with E-state index in [1.165, 1.54) is 19.3 Å². The Hall–Kier alpha value is -1.58. The van der Waals surface area contributed by atoms with Crippen molar-refractivity contribution in [1.82, 2.24) is 10.3 Å². The summed E-state index contributed by atoms with van der Waals surface area (Å²) in [6.07, 6.45) is 9.32. The van der Waals surface area contributed by atoms with Crippen molar-refractivity contribution < 1.29 is 4.79 Å². The highest BCUT2D eigenvalue weighted by Crippen LogP contribution is 2.22. The molecule has 0 spiro atoms. The number of carbonyl (C=O) groups is 1. The van der Waals surface area contributed by atoms with Gasteiger partial charge in [0.1, 0.15) is 0 Å². The molecule has 1 amide bonds. The first-order chi connectivity index (χ1) is 10.2. The minimum absolute atomic E-state index is 0.00849. The highest BCUT2D eigenvalue weighted by atomic mass is 16.1. The van der Waals surface area contributed by atoms with Crippen LogP contribution in [0.15, 0.2) is 18.5 Å². The third kappa shape index (κ3) is 4.73. The van der Waals surface area contributed by atoms with Crippen LogP contribution in [0.2, 0.25) is 0 Å². The summed E-state index contributed by atoms with van der Waals surface area (Å²) >= 11 is 0. The summed E-state index contributed by atoms with van der Waals surface area (Å²) in [5.74, 6) is 0.796. The number of anilines is 1. The van der Waals surface area contributed by atoms with Gasteiger partial charge in [-0.3, -0.25) is 9.78 Å². The molecule has 2 rings (SSSR count). The molecular weight excluding hydrogens is 262 g/mol. The molecule has 0 atom stereocenters. The van der Waals surface area contributed by atoms with Crippen molar-refractivity contribution in [3.63, 3.8) is 0 Å². The summed E-state index contributed by atoms with van der Waals surface area (Å²) in [6.45, 7) is 7.33. The molecule has 1 aliphatic heterocycles. The second-order valence-corrected chi connectivity index (χ2v) is 6.06. The number of aromatic nitrogens is 1. The molecule has 116 valence electrons.